The number of piperidine rings is 1. The van der Waals surface area contributed by atoms with Crippen LogP contribution in [0.5, 0.6) is 0 Å². The van der Waals surface area contributed by atoms with Crippen LogP contribution in [0.4, 0.5) is 14.9 Å². The molecule has 8 nitrogen and oxygen atoms in total. The maximum Gasteiger partial charge on any atom is 0.323 e. The lowest BCUT2D eigenvalue weighted by molar-refractivity contribution is -0.110. The van der Waals surface area contributed by atoms with Gasteiger partial charge in [-0.1, -0.05) is 13.0 Å². The molecule has 5 rings (SSSR count). The number of anilines is 1. The Balaban J connectivity index is 1.42. The molecule has 9 heteroatoms. The molecule has 2 aromatic heterocycles. The molecule has 1 aliphatic heterocycles. The number of hydrogen-bond acceptors (Lipinski definition) is 6. The zero-order valence-electron chi connectivity index (χ0n) is 17.6. The number of halogens is 1. The first-order valence-corrected chi connectivity index (χ1v) is 10.4. The highest BCUT2D eigenvalue weighted by Crippen LogP contribution is 2.55. The van der Waals surface area contributed by atoms with Crippen molar-refractivity contribution in [3.63, 3.8) is 0 Å². The van der Waals surface area contributed by atoms with E-state index >= 15 is 0 Å². The molecule has 1 saturated heterocycles. The summed E-state index contributed by atoms with van der Waals surface area (Å²) in [6.45, 7) is 5.86. The molecule has 1 aromatic carbocycles. The van der Waals surface area contributed by atoms with Crippen molar-refractivity contribution in [3.8, 4) is 11.4 Å². The molecule has 1 N–H and O–H groups in total. The van der Waals surface area contributed by atoms with Gasteiger partial charge in [-0.2, -0.15) is 0 Å². The number of nitrogens with one attached hydrogen (secondary N) is 1. The maximum atomic E-state index is 13.3. The number of benzene rings is 1. The van der Waals surface area contributed by atoms with Crippen molar-refractivity contribution < 1.29 is 13.6 Å². The Kier molecular flexibility index (Phi) is 4.49. The smallest absolute Gasteiger partial charge is 0.323 e. The zero-order chi connectivity index (χ0) is 21.8. The molecular formula is C22H23FN6O2. The highest BCUT2D eigenvalue weighted by Gasteiger charge is 2.62. The SMILES string of the molecule is Cc1nnc([C@]23C[C@@H](C)C[C@H](C2)N3C(=O)Nc2ccc(C)c(-c3ncc(F)cn3)c2)o1. The zero-order valence-corrected chi connectivity index (χ0v) is 17.6. The van der Waals surface area contributed by atoms with E-state index in [9.17, 15) is 9.18 Å². The van der Waals surface area contributed by atoms with Gasteiger partial charge in [0.25, 0.3) is 0 Å². The van der Waals surface area contributed by atoms with Crippen LogP contribution in [-0.4, -0.2) is 37.1 Å². The number of aromatic nitrogens is 4. The Bertz CT molecular complexity index is 1150. The van der Waals surface area contributed by atoms with Crippen molar-refractivity contribution in [2.75, 3.05) is 5.32 Å². The Morgan fingerprint density at radius 3 is 2.71 bits per heavy atom. The molecule has 2 amide bonds. The minimum absolute atomic E-state index is 0.140. The number of nitrogens with zero attached hydrogens (tertiary/aromatic N) is 5. The number of urea groups is 1. The molecule has 2 fully saturated rings. The monoisotopic (exact) mass is 422 g/mol. The van der Waals surface area contributed by atoms with Gasteiger partial charge in [-0.15, -0.1) is 10.2 Å². The quantitative estimate of drug-likeness (QED) is 0.679. The summed E-state index contributed by atoms with van der Waals surface area (Å²) >= 11 is 0. The second kappa shape index (κ2) is 7.11. The van der Waals surface area contributed by atoms with Gasteiger partial charge in [0, 0.05) is 30.6 Å². The maximum absolute atomic E-state index is 13.3. The highest BCUT2D eigenvalue weighted by molar-refractivity contribution is 5.91. The van der Waals surface area contributed by atoms with Crippen molar-refractivity contribution >= 4 is 11.7 Å². The Hall–Kier alpha value is -3.36. The van der Waals surface area contributed by atoms with Gasteiger partial charge >= 0.3 is 6.03 Å². The molecule has 1 aliphatic carbocycles. The Morgan fingerprint density at radius 2 is 2.00 bits per heavy atom. The molecule has 2 bridgehead atoms. The van der Waals surface area contributed by atoms with E-state index in [1.165, 1.54) is 0 Å². The molecule has 1 saturated carbocycles. The fourth-order valence-corrected chi connectivity index (χ4v) is 5.01. The van der Waals surface area contributed by atoms with E-state index in [1.807, 2.05) is 30.0 Å². The van der Waals surface area contributed by atoms with Gasteiger partial charge < -0.3 is 14.6 Å². The normalized spacial score (nSPS) is 24.6. The lowest BCUT2D eigenvalue weighted by atomic mass is 9.64. The average molecular weight is 422 g/mol. The minimum atomic E-state index is -0.554. The van der Waals surface area contributed by atoms with Crippen LogP contribution in [0.3, 0.4) is 0 Å². The molecule has 0 unspecified atom stereocenters. The summed E-state index contributed by atoms with van der Waals surface area (Å²) in [7, 11) is 0. The van der Waals surface area contributed by atoms with Crippen LogP contribution in [0.25, 0.3) is 11.4 Å². The molecule has 2 aliphatic rings. The van der Waals surface area contributed by atoms with Crippen molar-refractivity contribution in [1.29, 1.82) is 0 Å². The van der Waals surface area contributed by atoms with E-state index in [2.05, 4.69) is 32.4 Å². The second-order valence-corrected chi connectivity index (χ2v) is 8.62. The molecule has 3 heterocycles. The first-order valence-electron chi connectivity index (χ1n) is 10.4. The van der Waals surface area contributed by atoms with Gasteiger partial charge in [0.15, 0.2) is 11.6 Å². The average Bonchev–Trinajstić information content (AvgIpc) is 3.16. The molecule has 31 heavy (non-hydrogen) atoms. The van der Waals surface area contributed by atoms with Crippen LogP contribution in [0.1, 0.15) is 43.5 Å². The Morgan fingerprint density at radius 1 is 1.23 bits per heavy atom. The van der Waals surface area contributed by atoms with Crippen molar-refractivity contribution in [1.82, 2.24) is 25.1 Å². The van der Waals surface area contributed by atoms with Gasteiger partial charge in [-0.05, 0) is 43.4 Å². The van der Waals surface area contributed by atoms with Gasteiger partial charge in [-0.3, -0.25) is 0 Å². The largest absolute Gasteiger partial charge is 0.423 e. The number of likely N-dealkylation sites (tertiary alicyclic amines) is 1. The van der Waals surface area contributed by atoms with Crippen LogP contribution < -0.4 is 5.32 Å². The minimum Gasteiger partial charge on any atom is -0.423 e. The van der Waals surface area contributed by atoms with Crippen LogP contribution in [0.2, 0.25) is 0 Å². The van der Waals surface area contributed by atoms with Gasteiger partial charge in [-0.25, -0.2) is 19.2 Å². The summed E-state index contributed by atoms with van der Waals surface area (Å²) in [5, 5.41) is 11.2. The molecule has 3 aromatic rings. The van der Waals surface area contributed by atoms with Crippen LogP contribution >= 0.6 is 0 Å². The molecule has 3 atom stereocenters. The van der Waals surface area contributed by atoms with E-state index < -0.39 is 11.4 Å². The standard InChI is InChI=1S/C22H23FN6O2/c1-12-6-17-9-22(8-12,20-28-27-14(3)31-20)29(17)21(30)26-16-5-4-13(2)18(7-16)19-24-10-15(23)11-25-19/h4-5,7,10-12,17H,6,8-9H2,1-3H3,(H,26,30)/t12-,17+,22-/m0/s1. The first-order chi connectivity index (χ1) is 14.9. The molecule has 0 radical (unpaired) electrons. The van der Waals surface area contributed by atoms with E-state index in [4.69, 9.17) is 4.42 Å². The van der Waals surface area contributed by atoms with Crippen LogP contribution in [0, 0.1) is 25.6 Å². The Labute approximate surface area is 178 Å². The predicted molar refractivity (Wildman–Crippen MR) is 111 cm³/mol. The van der Waals surface area contributed by atoms with Crippen molar-refractivity contribution in [2.24, 2.45) is 5.92 Å². The van der Waals surface area contributed by atoms with Crippen LogP contribution in [-0.2, 0) is 5.54 Å². The molecule has 160 valence electrons. The van der Waals surface area contributed by atoms with Crippen LogP contribution in [0.15, 0.2) is 35.0 Å². The summed E-state index contributed by atoms with van der Waals surface area (Å²) in [5.74, 6) is 1.38. The number of amides is 2. The molecular weight excluding hydrogens is 399 g/mol. The van der Waals surface area contributed by atoms with E-state index in [-0.39, 0.29) is 12.1 Å². The number of carbonyl (C=O) groups is 1. The number of aryl methyl sites for hydroxylation is 2. The third kappa shape index (κ3) is 3.24. The van der Waals surface area contributed by atoms with E-state index in [0.29, 0.717) is 29.2 Å². The second-order valence-electron chi connectivity index (χ2n) is 8.62. The third-order valence-corrected chi connectivity index (χ3v) is 6.25. The van der Waals surface area contributed by atoms with Gasteiger partial charge in [0.1, 0.15) is 5.54 Å². The summed E-state index contributed by atoms with van der Waals surface area (Å²) in [6.07, 6.45) is 4.83. The summed E-state index contributed by atoms with van der Waals surface area (Å²) in [4.78, 5) is 23.3. The first kappa shape index (κ1) is 19.6. The number of rotatable bonds is 3. The fraction of sp³-hybridized carbons (Fsp3) is 0.409. The number of fused-ring (bicyclic) bond motifs is 2. The lowest BCUT2D eigenvalue weighted by Gasteiger charge is -2.61. The van der Waals surface area contributed by atoms with E-state index in [1.54, 1.807) is 6.92 Å². The third-order valence-electron chi connectivity index (χ3n) is 6.25. The van der Waals surface area contributed by atoms with Crippen molar-refractivity contribution in [2.45, 2.75) is 51.6 Å². The van der Waals surface area contributed by atoms with Gasteiger partial charge in [0.05, 0.1) is 12.4 Å². The number of carbonyl (C=O) groups excluding carboxylic acids is 1. The number of hydrogen-bond donors (Lipinski definition) is 1. The summed E-state index contributed by atoms with van der Waals surface area (Å²) in [6, 6.07) is 5.47. The fourth-order valence-electron chi connectivity index (χ4n) is 5.01. The predicted octanol–water partition coefficient (Wildman–Crippen LogP) is 4.21. The lowest BCUT2D eigenvalue weighted by Crippen LogP contribution is -2.70. The summed E-state index contributed by atoms with van der Waals surface area (Å²) < 4.78 is 19.0. The summed E-state index contributed by atoms with van der Waals surface area (Å²) in [5.41, 5.74) is 1.73. The molecule has 0 spiro atoms. The van der Waals surface area contributed by atoms with E-state index in [0.717, 1.165) is 42.8 Å². The van der Waals surface area contributed by atoms with Crippen molar-refractivity contribution in [3.05, 3.63) is 53.8 Å². The van der Waals surface area contributed by atoms with Gasteiger partial charge in [0.2, 0.25) is 11.8 Å². The topological polar surface area (TPSA) is 97.0 Å². The highest BCUT2D eigenvalue weighted by atomic mass is 19.1.